The summed E-state index contributed by atoms with van der Waals surface area (Å²) in [6.45, 7) is 5.95. The van der Waals surface area contributed by atoms with E-state index < -0.39 is 0 Å². The highest BCUT2D eigenvalue weighted by molar-refractivity contribution is 4.86. The van der Waals surface area contributed by atoms with Crippen LogP contribution >= 0.6 is 0 Å². The molecule has 1 fully saturated rings. The minimum absolute atomic E-state index is 0.344. The monoisotopic (exact) mass is 154 g/mol. The van der Waals surface area contributed by atoms with E-state index in [1.807, 2.05) is 6.08 Å². The van der Waals surface area contributed by atoms with Gasteiger partial charge in [0.15, 0.2) is 0 Å². The molecule has 0 aromatic carbocycles. The van der Waals surface area contributed by atoms with Gasteiger partial charge in [-0.1, -0.05) is 25.8 Å². The standard InChI is InChI=1S/C10H18O/c1-3-5-6-10-8-7-9(4-2)11-10/h4,9-10H,2-3,5-8H2,1H3/t9-,10-/m0/s1. The average molecular weight is 154 g/mol. The second-order valence-electron chi connectivity index (χ2n) is 3.25. The molecule has 0 aromatic heterocycles. The molecule has 1 saturated heterocycles. The lowest BCUT2D eigenvalue weighted by atomic mass is 10.1. The van der Waals surface area contributed by atoms with Crippen LogP contribution < -0.4 is 0 Å². The Hall–Kier alpha value is -0.300. The number of hydrogen-bond donors (Lipinski definition) is 0. The molecule has 1 heterocycles. The van der Waals surface area contributed by atoms with Crippen molar-refractivity contribution in [2.45, 2.75) is 51.2 Å². The van der Waals surface area contributed by atoms with Gasteiger partial charge in [0.25, 0.3) is 0 Å². The SMILES string of the molecule is C=C[C@H]1CC[C@H](CCCC)O1. The van der Waals surface area contributed by atoms with Gasteiger partial charge in [-0.2, -0.15) is 0 Å². The van der Waals surface area contributed by atoms with E-state index in [0.717, 1.165) is 0 Å². The maximum absolute atomic E-state index is 5.69. The topological polar surface area (TPSA) is 9.23 Å². The Morgan fingerprint density at radius 2 is 2.36 bits per heavy atom. The van der Waals surface area contributed by atoms with E-state index >= 15 is 0 Å². The summed E-state index contributed by atoms with van der Waals surface area (Å²) in [5.74, 6) is 0. The van der Waals surface area contributed by atoms with Gasteiger partial charge in [0.1, 0.15) is 0 Å². The van der Waals surface area contributed by atoms with Crippen molar-refractivity contribution in [2.24, 2.45) is 0 Å². The van der Waals surface area contributed by atoms with Crippen molar-refractivity contribution in [3.05, 3.63) is 12.7 Å². The predicted molar refractivity (Wildman–Crippen MR) is 47.6 cm³/mol. The van der Waals surface area contributed by atoms with E-state index in [9.17, 15) is 0 Å². The zero-order chi connectivity index (χ0) is 8.10. The lowest BCUT2D eigenvalue weighted by molar-refractivity contribution is 0.0645. The van der Waals surface area contributed by atoms with Crippen LogP contribution in [0.5, 0.6) is 0 Å². The van der Waals surface area contributed by atoms with E-state index in [-0.39, 0.29) is 0 Å². The second kappa shape index (κ2) is 4.55. The molecule has 0 aliphatic carbocycles. The molecule has 2 atom stereocenters. The fourth-order valence-corrected chi connectivity index (χ4v) is 1.55. The van der Waals surface area contributed by atoms with E-state index in [2.05, 4.69) is 13.5 Å². The molecule has 0 aromatic rings. The van der Waals surface area contributed by atoms with Crippen molar-refractivity contribution in [1.82, 2.24) is 0 Å². The van der Waals surface area contributed by atoms with Gasteiger partial charge in [-0.15, -0.1) is 6.58 Å². The molecule has 1 rings (SSSR count). The van der Waals surface area contributed by atoms with Crippen molar-refractivity contribution < 1.29 is 4.74 Å². The van der Waals surface area contributed by atoms with Crippen LogP contribution in [0.3, 0.4) is 0 Å². The van der Waals surface area contributed by atoms with E-state index in [4.69, 9.17) is 4.74 Å². The summed E-state index contributed by atoms with van der Waals surface area (Å²) in [7, 11) is 0. The molecule has 0 radical (unpaired) electrons. The van der Waals surface area contributed by atoms with Gasteiger partial charge in [0.2, 0.25) is 0 Å². The summed E-state index contributed by atoms with van der Waals surface area (Å²) in [5, 5.41) is 0. The highest BCUT2D eigenvalue weighted by Crippen LogP contribution is 2.23. The van der Waals surface area contributed by atoms with Crippen LogP contribution in [0, 0.1) is 0 Å². The lowest BCUT2D eigenvalue weighted by Crippen LogP contribution is -2.08. The van der Waals surface area contributed by atoms with E-state index in [1.54, 1.807) is 0 Å². The fraction of sp³-hybridized carbons (Fsp3) is 0.800. The van der Waals surface area contributed by atoms with Gasteiger partial charge in [-0.05, 0) is 19.3 Å². The molecule has 1 nitrogen and oxygen atoms in total. The highest BCUT2D eigenvalue weighted by atomic mass is 16.5. The predicted octanol–water partition coefficient (Wildman–Crippen LogP) is 2.91. The Morgan fingerprint density at radius 1 is 1.55 bits per heavy atom. The minimum Gasteiger partial charge on any atom is -0.371 e. The van der Waals surface area contributed by atoms with Crippen LogP contribution in [-0.4, -0.2) is 12.2 Å². The quantitative estimate of drug-likeness (QED) is 0.566. The number of ether oxygens (including phenoxy) is 1. The molecule has 1 aliphatic heterocycles. The normalized spacial score (nSPS) is 30.6. The molecular weight excluding hydrogens is 136 g/mol. The van der Waals surface area contributed by atoms with Gasteiger partial charge >= 0.3 is 0 Å². The van der Waals surface area contributed by atoms with Crippen LogP contribution in [-0.2, 0) is 4.74 Å². The fourth-order valence-electron chi connectivity index (χ4n) is 1.55. The minimum atomic E-state index is 0.344. The molecular formula is C10H18O. The molecule has 0 N–H and O–H groups in total. The van der Waals surface area contributed by atoms with Gasteiger partial charge < -0.3 is 4.74 Å². The summed E-state index contributed by atoms with van der Waals surface area (Å²) >= 11 is 0. The van der Waals surface area contributed by atoms with Crippen LogP contribution in [0.25, 0.3) is 0 Å². The largest absolute Gasteiger partial charge is 0.371 e. The average Bonchev–Trinajstić information content (AvgIpc) is 2.48. The molecule has 0 unspecified atom stereocenters. The molecule has 1 heteroatoms. The zero-order valence-corrected chi connectivity index (χ0v) is 7.38. The summed E-state index contributed by atoms with van der Waals surface area (Å²) in [6.07, 6.45) is 9.02. The van der Waals surface area contributed by atoms with Crippen molar-refractivity contribution in [3.63, 3.8) is 0 Å². The Labute approximate surface area is 69.4 Å². The number of hydrogen-bond acceptors (Lipinski definition) is 1. The Kier molecular flexibility index (Phi) is 3.64. The first-order valence-corrected chi connectivity index (χ1v) is 4.64. The molecule has 1 aliphatic rings. The molecule has 0 amide bonds. The molecule has 64 valence electrons. The first kappa shape index (κ1) is 8.79. The highest BCUT2D eigenvalue weighted by Gasteiger charge is 2.21. The second-order valence-corrected chi connectivity index (χ2v) is 3.25. The molecule has 0 bridgehead atoms. The molecule has 0 saturated carbocycles. The first-order chi connectivity index (χ1) is 5.36. The van der Waals surface area contributed by atoms with Gasteiger partial charge in [-0.25, -0.2) is 0 Å². The number of unbranched alkanes of at least 4 members (excludes halogenated alkanes) is 1. The third-order valence-electron chi connectivity index (χ3n) is 2.28. The lowest BCUT2D eigenvalue weighted by Gasteiger charge is -2.09. The first-order valence-electron chi connectivity index (χ1n) is 4.64. The van der Waals surface area contributed by atoms with Gasteiger partial charge in [0.05, 0.1) is 12.2 Å². The van der Waals surface area contributed by atoms with Crippen molar-refractivity contribution in [1.29, 1.82) is 0 Å². The zero-order valence-electron chi connectivity index (χ0n) is 7.38. The Bertz CT molecular complexity index is 120. The molecule has 0 spiro atoms. The summed E-state index contributed by atoms with van der Waals surface area (Å²) < 4.78 is 5.69. The summed E-state index contributed by atoms with van der Waals surface area (Å²) in [4.78, 5) is 0. The van der Waals surface area contributed by atoms with Crippen LogP contribution in [0.2, 0.25) is 0 Å². The van der Waals surface area contributed by atoms with E-state index in [0.29, 0.717) is 12.2 Å². The Morgan fingerprint density at radius 3 is 2.91 bits per heavy atom. The number of rotatable bonds is 4. The van der Waals surface area contributed by atoms with E-state index in [1.165, 1.54) is 32.1 Å². The van der Waals surface area contributed by atoms with Gasteiger partial charge in [0, 0.05) is 0 Å². The third kappa shape index (κ3) is 2.66. The van der Waals surface area contributed by atoms with Gasteiger partial charge in [-0.3, -0.25) is 0 Å². The maximum Gasteiger partial charge on any atom is 0.0757 e. The molecule has 11 heavy (non-hydrogen) atoms. The van der Waals surface area contributed by atoms with Crippen LogP contribution in [0.4, 0.5) is 0 Å². The van der Waals surface area contributed by atoms with Crippen molar-refractivity contribution >= 4 is 0 Å². The van der Waals surface area contributed by atoms with Crippen molar-refractivity contribution in [2.75, 3.05) is 0 Å². The Balaban J connectivity index is 2.14. The summed E-state index contributed by atoms with van der Waals surface area (Å²) in [5.41, 5.74) is 0. The smallest absolute Gasteiger partial charge is 0.0757 e. The van der Waals surface area contributed by atoms with Crippen LogP contribution in [0.15, 0.2) is 12.7 Å². The third-order valence-corrected chi connectivity index (χ3v) is 2.28. The van der Waals surface area contributed by atoms with Crippen LogP contribution in [0.1, 0.15) is 39.0 Å². The maximum atomic E-state index is 5.69. The van der Waals surface area contributed by atoms with Crippen molar-refractivity contribution in [3.8, 4) is 0 Å². The summed E-state index contributed by atoms with van der Waals surface area (Å²) in [6, 6.07) is 0.